The molecule has 0 aromatic heterocycles. The van der Waals surface area contributed by atoms with Crippen LogP contribution in [0.3, 0.4) is 0 Å². The van der Waals surface area contributed by atoms with Gasteiger partial charge in [0.15, 0.2) is 0 Å². The summed E-state index contributed by atoms with van der Waals surface area (Å²) in [5.74, 6) is 0. The van der Waals surface area contributed by atoms with E-state index in [1.807, 2.05) is 0 Å². The van der Waals surface area contributed by atoms with Crippen LogP contribution in [-0.4, -0.2) is 50.3 Å². The van der Waals surface area contributed by atoms with Crippen molar-refractivity contribution in [2.75, 3.05) is 39.9 Å². The van der Waals surface area contributed by atoms with Crippen LogP contribution in [0.2, 0.25) is 0 Å². The zero-order valence-electron chi connectivity index (χ0n) is 13.1. The Balaban J connectivity index is 1.86. The highest BCUT2D eigenvalue weighted by Crippen LogP contribution is 2.32. The number of ether oxygens (including phenoxy) is 1. The Morgan fingerprint density at radius 2 is 1.95 bits per heavy atom. The molecule has 1 saturated carbocycles. The molecule has 1 saturated heterocycles. The van der Waals surface area contributed by atoms with E-state index in [0.29, 0.717) is 11.0 Å². The summed E-state index contributed by atoms with van der Waals surface area (Å²) in [7, 11) is 1.80. The Morgan fingerprint density at radius 1 is 1.21 bits per heavy atom. The van der Waals surface area contributed by atoms with Crippen molar-refractivity contribution in [1.82, 2.24) is 10.2 Å². The molecule has 0 atom stereocenters. The third-order valence-electron chi connectivity index (χ3n) is 4.90. The number of hydrogen-bond donors (Lipinski definition) is 1. The van der Waals surface area contributed by atoms with E-state index in [4.69, 9.17) is 4.74 Å². The lowest BCUT2D eigenvalue weighted by atomic mass is 9.79. The molecule has 0 amide bonds. The Kier molecular flexibility index (Phi) is 5.27. The molecule has 2 aliphatic rings. The number of piperazine rings is 1. The first-order valence-corrected chi connectivity index (χ1v) is 8.02. The van der Waals surface area contributed by atoms with Gasteiger partial charge in [0.05, 0.1) is 0 Å². The van der Waals surface area contributed by atoms with Crippen molar-refractivity contribution in [2.24, 2.45) is 5.41 Å². The zero-order valence-corrected chi connectivity index (χ0v) is 13.1. The normalized spacial score (nSPS) is 24.8. The van der Waals surface area contributed by atoms with Gasteiger partial charge >= 0.3 is 0 Å². The summed E-state index contributed by atoms with van der Waals surface area (Å²) < 4.78 is 5.25. The standard InChI is InChI=1S/C16H32N2O/c1-15(2,9-12-19-3)13-18-11-10-17-16(14-18)7-5-4-6-8-16/h17H,4-14H2,1-3H3. The molecule has 19 heavy (non-hydrogen) atoms. The maximum Gasteiger partial charge on any atom is 0.0467 e. The minimum Gasteiger partial charge on any atom is -0.385 e. The average molecular weight is 268 g/mol. The number of nitrogens with one attached hydrogen (secondary N) is 1. The van der Waals surface area contributed by atoms with Gasteiger partial charge in [-0.3, -0.25) is 4.90 Å². The second-order valence-electron chi connectivity index (χ2n) is 7.39. The highest BCUT2D eigenvalue weighted by molar-refractivity contribution is 4.97. The Morgan fingerprint density at radius 3 is 2.63 bits per heavy atom. The van der Waals surface area contributed by atoms with Gasteiger partial charge < -0.3 is 10.1 Å². The van der Waals surface area contributed by atoms with Crippen LogP contribution >= 0.6 is 0 Å². The largest absolute Gasteiger partial charge is 0.385 e. The van der Waals surface area contributed by atoms with Gasteiger partial charge in [0.1, 0.15) is 0 Å². The predicted octanol–water partition coefficient (Wildman–Crippen LogP) is 2.66. The van der Waals surface area contributed by atoms with Gasteiger partial charge in [0.25, 0.3) is 0 Å². The Bertz CT molecular complexity index is 266. The molecule has 0 unspecified atom stereocenters. The lowest BCUT2D eigenvalue weighted by molar-refractivity contribution is 0.0582. The molecule has 1 spiro atoms. The second kappa shape index (κ2) is 6.55. The fourth-order valence-electron chi connectivity index (χ4n) is 3.80. The molecule has 0 aromatic rings. The van der Waals surface area contributed by atoms with Gasteiger partial charge in [0, 0.05) is 45.4 Å². The van der Waals surface area contributed by atoms with Crippen LogP contribution in [-0.2, 0) is 4.74 Å². The number of rotatable bonds is 5. The summed E-state index contributed by atoms with van der Waals surface area (Å²) in [5.41, 5.74) is 0.803. The van der Waals surface area contributed by atoms with Gasteiger partial charge in [-0.15, -0.1) is 0 Å². The molecular formula is C16H32N2O. The smallest absolute Gasteiger partial charge is 0.0467 e. The minimum atomic E-state index is 0.364. The molecule has 3 nitrogen and oxygen atoms in total. The maximum absolute atomic E-state index is 5.25. The van der Waals surface area contributed by atoms with Crippen LogP contribution < -0.4 is 5.32 Å². The van der Waals surface area contributed by atoms with Gasteiger partial charge in [-0.1, -0.05) is 33.1 Å². The average Bonchev–Trinajstić information content (AvgIpc) is 2.37. The summed E-state index contributed by atoms with van der Waals surface area (Å²) in [5, 5.41) is 3.83. The van der Waals surface area contributed by atoms with Gasteiger partial charge in [0.2, 0.25) is 0 Å². The molecular weight excluding hydrogens is 236 g/mol. The first-order valence-electron chi connectivity index (χ1n) is 8.02. The number of hydrogen-bond acceptors (Lipinski definition) is 3. The second-order valence-corrected chi connectivity index (χ2v) is 7.39. The van der Waals surface area contributed by atoms with E-state index >= 15 is 0 Å². The van der Waals surface area contributed by atoms with E-state index in [1.165, 1.54) is 58.3 Å². The molecule has 0 bridgehead atoms. The van der Waals surface area contributed by atoms with Gasteiger partial charge in [-0.05, 0) is 24.7 Å². The highest BCUT2D eigenvalue weighted by Gasteiger charge is 2.37. The fraction of sp³-hybridized carbons (Fsp3) is 1.00. The van der Waals surface area contributed by atoms with Crippen LogP contribution in [0.15, 0.2) is 0 Å². The van der Waals surface area contributed by atoms with Crippen molar-refractivity contribution in [1.29, 1.82) is 0 Å². The summed E-state index contributed by atoms with van der Waals surface area (Å²) in [4.78, 5) is 2.69. The summed E-state index contributed by atoms with van der Waals surface area (Å²) >= 11 is 0. The van der Waals surface area contributed by atoms with Gasteiger partial charge in [-0.2, -0.15) is 0 Å². The Hall–Kier alpha value is -0.120. The molecule has 1 heterocycles. The molecule has 0 aromatic carbocycles. The van der Waals surface area contributed by atoms with Crippen LogP contribution in [0, 0.1) is 5.41 Å². The summed E-state index contributed by atoms with van der Waals surface area (Å²) in [6.07, 6.45) is 8.16. The predicted molar refractivity (Wildman–Crippen MR) is 80.5 cm³/mol. The molecule has 1 N–H and O–H groups in total. The van der Waals surface area contributed by atoms with E-state index in [2.05, 4.69) is 24.1 Å². The molecule has 112 valence electrons. The van der Waals surface area contributed by atoms with Crippen LogP contribution in [0.5, 0.6) is 0 Å². The number of methoxy groups -OCH3 is 1. The monoisotopic (exact) mass is 268 g/mol. The van der Waals surface area contributed by atoms with Crippen molar-refractivity contribution in [3.05, 3.63) is 0 Å². The lowest BCUT2D eigenvalue weighted by Crippen LogP contribution is -2.62. The molecule has 1 aliphatic carbocycles. The van der Waals surface area contributed by atoms with E-state index < -0.39 is 0 Å². The Labute approximate surface area is 119 Å². The van der Waals surface area contributed by atoms with Gasteiger partial charge in [-0.25, -0.2) is 0 Å². The lowest BCUT2D eigenvalue weighted by Gasteiger charge is -2.48. The van der Waals surface area contributed by atoms with Crippen molar-refractivity contribution >= 4 is 0 Å². The molecule has 1 aliphatic heterocycles. The summed E-state index contributed by atoms with van der Waals surface area (Å²) in [6.45, 7) is 10.5. The van der Waals surface area contributed by atoms with Crippen molar-refractivity contribution in [3.63, 3.8) is 0 Å². The topological polar surface area (TPSA) is 24.5 Å². The molecule has 2 fully saturated rings. The third kappa shape index (κ3) is 4.44. The number of nitrogens with zero attached hydrogens (tertiary/aromatic N) is 1. The van der Waals surface area contributed by atoms with E-state index in [-0.39, 0.29) is 0 Å². The van der Waals surface area contributed by atoms with Crippen LogP contribution in [0.4, 0.5) is 0 Å². The quantitative estimate of drug-likeness (QED) is 0.829. The fourth-order valence-corrected chi connectivity index (χ4v) is 3.80. The maximum atomic E-state index is 5.25. The van der Waals surface area contributed by atoms with E-state index in [1.54, 1.807) is 7.11 Å². The zero-order chi connectivity index (χ0) is 13.8. The highest BCUT2D eigenvalue weighted by atomic mass is 16.5. The minimum absolute atomic E-state index is 0.364. The first-order chi connectivity index (χ1) is 9.05. The summed E-state index contributed by atoms with van der Waals surface area (Å²) in [6, 6.07) is 0. The van der Waals surface area contributed by atoms with Crippen molar-refractivity contribution < 1.29 is 4.74 Å². The first kappa shape index (κ1) is 15.3. The SMILES string of the molecule is COCCC(C)(C)CN1CCNC2(CCCCC2)C1. The van der Waals surface area contributed by atoms with E-state index in [9.17, 15) is 0 Å². The van der Waals surface area contributed by atoms with Crippen molar-refractivity contribution in [2.45, 2.75) is 57.9 Å². The van der Waals surface area contributed by atoms with Crippen LogP contribution in [0.1, 0.15) is 52.4 Å². The molecule has 3 heteroatoms. The van der Waals surface area contributed by atoms with Crippen LogP contribution in [0.25, 0.3) is 0 Å². The third-order valence-corrected chi connectivity index (χ3v) is 4.90. The van der Waals surface area contributed by atoms with Crippen molar-refractivity contribution in [3.8, 4) is 0 Å². The molecule has 0 radical (unpaired) electrons. The van der Waals surface area contributed by atoms with E-state index in [0.717, 1.165) is 13.0 Å². The molecule has 2 rings (SSSR count).